The van der Waals surface area contributed by atoms with Crippen molar-refractivity contribution in [3.05, 3.63) is 29.6 Å². The number of halogens is 1. The van der Waals surface area contributed by atoms with Gasteiger partial charge in [0.2, 0.25) is 5.91 Å². The molecule has 96 valence electrons. The van der Waals surface area contributed by atoms with Crippen LogP contribution >= 0.6 is 0 Å². The van der Waals surface area contributed by atoms with Gasteiger partial charge in [0.15, 0.2) is 0 Å². The monoisotopic (exact) mass is 249 g/mol. The van der Waals surface area contributed by atoms with Crippen molar-refractivity contribution in [3.8, 4) is 11.8 Å². The van der Waals surface area contributed by atoms with Crippen LogP contribution in [0.25, 0.3) is 0 Å². The molecule has 1 aromatic carbocycles. The number of amides is 1. The van der Waals surface area contributed by atoms with Crippen molar-refractivity contribution in [2.24, 2.45) is 5.92 Å². The molecular weight excluding hydrogens is 233 g/mol. The fraction of sp³-hybridized carbons (Fsp3) is 0.357. The molecular formula is C14H16FNO2. The third-order valence-electron chi connectivity index (χ3n) is 2.60. The van der Waals surface area contributed by atoms with Crippen molar-refractivity contribution in [2.45, 2.75) is 20.3 Å². The predicted molar refractivity (Wildman–Crippen MR) is 68.4 cm³/mol. The number of hydrogen-bond acceptors (Lipinski definition) is 2. The van der Waals surface area contributed by atoms with E-state index in [1.165, 1.54) is 18.2 Å². The van der Waals surface area contributed by atoms with Gasteiger partial charge in [-0.05, 0) is 24.6 Å². The summed E-state index contributed by atoms with van der Waals surface area (Å²) < 4.78 is 13.4. The van der Waals surface area contributed by atoms with E-state index in [1.54, 1.807) is 0 Å². The maximum absolute atomic E-state index is 13.4. The number of nitrogens with one attached hydrogen (secondary N) is 1. The Labute approximate surface area is 106 Å². The third-order valence-corrected chi connectivity index (χ3v) is 2.60. The summed E-state index contributed by atoms with van der Waals surface area (Å²) in [6, 6.07) is 4.19. The second-order valence-corrected chi connectivity index (χ2v) is 3.95. The number of aliphatic hydroxyl groups is 1. The summed E-state index contributed by atoms with van der Waals surface area (Å²) in [6.07, 6.45) is 0.740. The molecule has 1 amide bonds. The molecule has 0 aliphatic carbocycles. The van der Waals surface area contributed by atoms with Crippen molar-refractivity contribution in [1.29, 1.82) is 0 Å². The number of anilines is 1. The quantitative estimate of drug-likeness (QED) is 0.806. The van der Waals surface area contributed by atoms with Gasteiger partial charge in [-0.2, -0.15) is 0 Å². The second kappa shape index (κ2) is 6.77. The smallest absolute Gasteiger partial charge is 0.227 e. The van der Waals surface area contributed by atoms with E-state index in [0.717, 1.165) is 6.42 Å². The first kappa shape index (κ1) is 14.2. The minimum Gasteiger partial charge on any atom is -0.384 e. The van der Waals surface area contributed by atoms with E-state index in [2.05, 4.69) is 17.2 Å². The SMILES string of the molecule is CCC(C)C(=O)Nc1ccc(F)c(C#CCO)c1. The van der Waals surface area contributed by atoms with Crippen LogP contribution in [-0.4, -0.2) is 17.6 Å². The fourth-order valence-electron chi connectivity index (χ4n) is 1.28. The molecule has 0 fully saturated rings. The van der Waals surface area contributed by atoms with Gasteiger partial charge in [-0.1, -0.05) is 25.7 Å². The molecule has 3 nitrogen and oxygen atoms in total. The van der Waals surface area contributed by atoms with E-state index in [4.69, 9.17) is 5.11 Å². The highest BCUT2D eigenvalue weighted by Crippen LogP contribution is 2.15. The lowest BCUT2D eigenvalue weighted by atomic mass is 10.1. The number of carbonyl (C=O) groups is 1. The predicted octanol–water partition coefficient (Wildman–Crippen LogP) is 2.15. The zero-order chi connectivity index (χ0) is 13.5. The molecule has 4 heteroatoms. The minimum atomic E-state index is -0.475. The Morgan fingerprint density at radius 1 is 1.56 bits per heavy atom. The zero-order valence-corrected chi connectivity index (χ0v) is 10.5. The molecule has 1 aromatic rings. The topological polar surface area (TPSA) is 49.3 Å². The van der Waals surface area contributed by atoms with Crippen molar-refractivity contribution in [1.82, 2.24) is 0 Å². The lowest BCUT2D eigenvalue weighted by Crippen LogP contribution is -2.19. The molecule has 0 saturated carbocycles. The molecule has 1 rings (SSSR count). The summed E-state index contributed by atoms with van der Waals surface area (Å²) in [6.45, 7) is 3.42. The fourth-order valence-corrected chi connectivity index (χ4v) is 1.28. The van der Waals surface area contributed by atoms with Crippen molar-refractivity contribution < 1.29 is 14.3 Å². The van der Waals surface area contributed by atoms with E-state index in [1.807, 2.05) is 13.8 Å². The molecule has 0 aliphatic rings. The maximum Gasteiger partial charge on any atom is 0.227 e. The van der Waals surface area contributed by atoms with Gasteiger partial charge in [0.25, 0.3) is 0 Å². The van der Waals surface area contributed by atoms with Gasteiger partial charge in [-0.3, -0.25) is 4.79 Å². The van der Waals surface area contributed by atoms with Crippen LogP contribution < -0.4 is 5.32 Å². The summed E-state index contributed by atoms with van der Waals surface area (Å²) in [5.41, 5.74) is 0.662. The van der Waals surface area contributed by atoms with Crippen LogP contribution in [0.2, 0.25) is 0 Å². The van der Waals surface area contributed by atoms with Crippen LogP contribution in [0, 0.1) is 23.6 Å². The van der Waals surface area contributed by atoms with Crippen molar-refractivity contribution >= 4 is 11.6 Å². The van der Waals surface area contributed by atoms with Gasteiger partial charge in [-0.15, -0.1) is 0 Å². The van der Waals surface area contributed by atoms with Gasteiger partial charge < -0.3 is 10.4 Å². The van der Waals surface area contributed by atoms with E-state index in [0.29, 0.717) is 5.69 Å². The zero-order valence-electron chi connectivity index (χ0n) is 10.5. The second-order valence-electron chi connectivity index (χ2n) is 3.95. The lowest BCUT2D eigenvalue weighted by Gasteiger charge is -2.10. The van der Waals surface area contributed by atoms with Gasteiger partial charge >= 0.3 is 0 Å². The number of hydrogen-bond donors (Lipinski definition) is 2. The normalized spacial score (nSPS) is 11.3. The lowest BCUT2D eigenvalue weighted by molar-refractivity contribution is -0.119. The molecule has 0 saturated heterocycles. The Kier molecular flexibility index (Phi) is 5.34. The van der Waals surface area contributed by atoms with Gasteiger partial charge in [0, 0.05) is 11.6 Å². The molecule has 0 spiro atoms. The van der Waals surface area contributed by atoms with Crippen molar-refractivity contribution in [3.63, 3.8) is 0 Å². The highest BCUT2D eigenvalue weighted by Gasteiger charge is 2.11. The number of benzene rings is 1. The van der Waals surface area contributed by atoms with E-state index in [9.17, 15) is 9.18 Å². The Morgan fingerprint density at radius 3 is 2.89 bits per heavy atom. The Hall–Kier alpha value is -1.86. The number of carbonyl (C=O) groups excluding carboxylic acids is 1. The van der Waals surface area contributed by atoms with Crippen LogP contribution in [-0.2, 0) is 4.79 Å². The summed E-state index contributed by atoms with van der Waals surface area (Å²) in [4.78, 5) is 11.7. The molecule has 0 bridgehead atoms. The molecule has 0 radical (unpaired) electrons. The van der Waals surface area contributed by atoms with Crippen molar-refractivity contribution in [2.75, 3.05) is 11.9 Å². The van der Waals surface area contributed by atoms with Crippen LogP contribution in [0.15, 0.2) is 18.2 Å². The van der Waals surface area contributed by atoms with E-state index >= 15 is 0 Å². The van der Waals surface area contributed by atoms with Crippen LogP contribution in [0.3, 0.4) is 0 Å². The van der Waals surface area contributed by atoms with Gasteiger partial charge in [0.05, 0.1) is 5.56 Å². The summed E-state index contributed by atoms with van der Waals surface area (Å²) in [5, 5.41) is 11.3. The van der Waals surface area contributed by atoms with Crippen LogP contribution in [0.5, 0.6) is 0 Å². The Balaban J connectivity index is 2.88. The van der Waals surface area contributed by atoms with E-state index < -0.39 is 5.82 Å². The average Bonchev–Trinajstić information content (AvgIpc) is 2.38. The number of rotatable bonds is 3. The largest absolute Gasteiger partial charge is 0.384 e. The van der Waals surface area contributed by atoms with Crippen LogP contribution in [0.4, 0.5) is 10.1 Å². The first-order valence-electron chi connectivity index (χ1n) is 5.78. The summed E-state index contributed by atoms with van der Waals surface area (Å²) in [7, 11) is 0. The molecule has 1 atom stereocenters. The summed E-state index contributed by atoms with van der Waals surface area (Å²) in [5.74, 6) is 4.19. The molecule has 0 aliphatic heterocycles. The minimum absolute atomic E-state index is 0.0953. The maximum atomic E-state index is 13.4. The molecule has 18 heavy (non-hydrogen) atoms. The highest BCUT2D eigenvalue weighted by molar-refractivity contribution is 5.92. The number of aliphatic hydroxyl groups excluding tert-OH is 1. The molecule has 2 N–H and O–H groups in total. The Morgan fingerprint density at radius 2 is 2.28 bits per heavy atom. The average molecular weight is 249 g/mol. The van der Waals surface area contributed by atoms with Crippen LogP contribution in [0.1, 0.15) is 25.8 Å². The first-order valence-corrected chi connectivity index (χ1v) is 5.78. The van der Waals surface area contributed by atoms with Gasteiger partial charge in [-0.25, -0.2) is 4.39 Å². The van der Waals surface area contributed by atoms with E-state index in [-0.39, 0.29) is 24.0 Å². The third kappa shape index (κ3) is 3.86. The summed E-state index contributed by atoms with van der Waals surface area (Å²) >= 11 is 0. The molecule has 0 heterocycles. The molecule has 0 aromatic heterocycles. The first-order chi connectivity index (χ1) is 8.58. The Bertz CT molecular complexity index is 488. The standard InChI is InChI=1S/C14H16FNO2/c1-3-10(2)14(18)16-12-6-7-13(15)11(9-12)5-4-8-17/h6-7,9-10,17H,3,8H2,1-2H3,(H,16,18). The molecule has 1 unspecified atom stereocenters. The highest BCUT2D eigenvalue weighted by atomic mass is 19.1. The van der Waals surface area contributed by atoms with Gasteiger partial charge in [0.1, 0.15) is 12.4 Å².